The number of fused-ring (bicyclic) bond motifs is 1. The standard InChI is InChI=1S/C18H23N3O4/c1-11-8-9-13(20(11)18(24)25-3)10-12(2)21-15-7-5-4-6-14(15)19-16(22)17(21)23/h4-7,11-13H,8-10H2,1-3H3,(H,19,22)/t11?,12-,13?/m1/s1. The zero-order chi connectivity index (χ0) is 18.1. The molecule has 1 N–H and O–H groups in total. The second-order valence-electron chi connectivity index (χ2n) is 6.69. The maximum Gasteiger partial charge on any atom is 0.409 e. The Morgan fingerprint density at radius 3 is 2.76 bits per heavy atom. The van der Waals surface area contributed by atoms with Crippen molar-refractivity contribution in [2.24, 2.45) is 0 Å². The van der Waals surface area contributed by atoms with Crippen LogP contribution >= 0.6 is 0 Å². The number of amides is 1. The first-order chi connectivity index (χ1) is 11.9. The Morgan fingerprint density at radius 2 is 2.04 bits per heavy atom. The Morgan fingerprint density at radius 1 is 1.32 bits per heavy atom. The van der Waals surface area contributed by atoms with Gasteiger partial charge in [0.2, 0.25) is 0 Å². The van der Waals surface area contributed by atoms with E-state index < -0.39 is 11.1 Å². The van der Waals surface area contributed by atoms with Crippen molar-refractivity contribution in [3.63, 3.8) is 0 Å². The van der Waals surface area contributed by atoms with Crippen molar-refractivity contribution in [3.05, 3.63) is 45.0 Å². The number of hydrogen-bond acceptors (Lipinski definition) is 4. The molecule has 7 heteroatoms. The Hall–Kier alpha value is -2.57. The third kappa shape index (κ3) is 3.06. The minimum atomic E-state index is -0.629. The predicted octanol–water partition coefficient (Wildman–Crippen LogP) is 2.26. The monoisotopic (exact) mass is 345 g/mol. The van der Waals surface area contributed by atoms with Gasteiger partial charge in [0.1, 0.15) is 0 Å². The van der Waals surface area contributed by atoms with Crippen molar-refractivity contribution in [1.82, 2.24) is 14.5 Å². The van der Waals surface area contributed by atoms with E-state index in [0.29, 0.717) is 17.5 Å². The fourth-order valence-corrected chi connectivity index (χ4v) is 3.86. The van der Waals surface area contributed by atoms with Gasteiger partial charge in [0.25, 0.3) is 0 Å². The van der Waals surface area contributed by atoms with Crippen LogP contribution in [0.2, 0.25) is 0 Å². The average molecular weight is 345 g/mol. The quantitative estimate of drug-likeness (QED) is 0.865. The molecule has 134 valence electrons. The van der Waals surface area contributed by atoms with Crippen LogP contribution in [-0.2, 0) is 4.74 Å². The van der Waals surface area contributed by atoms with Crippen LogP contribution in [0.4, 0.5) is 4.79 Å². The number of hydrogen-bond donors (Lipinski definition) is 1. The third-order valence-electron chi connectivity index (χ3n) is 5.05. The lowest BCUT2D eigenvalue weighted by atomic mass is 10.1. The van der Waals surface area contributed by atoms with Gasteiger partial charge in [-0.15, -0.1) is 0 Å². The van der Waals surface area contributed by atoms with Crippen molar-refractivity contribution in [1.29, 1.82) is 0 Å². The molecule has 0 bridgehead atoms. The molecule has 0 spiro atoms. The first-order valence-electron chi connectivity index (χ1n) is 8.54. The number of rotatable bonds is 3. The molecule has 3 rings (SSSR count). The largest absolute Gasteiger partial charge is 0.453 e. The van der Waals surface area contributed by atoms with Gasteiger partial charge in [-0.05, 0) is 45.2 Å². The van der Waals surface area contributed by atoms with Gasteiger partial charge in [-0.1, -0.05) is 12.1 Å². The molecule has 25 heavy (non-hydrogen) atoms. The number of carbonyl (C=O) groups excluding carboxylic acids is 1. The van der Waals surface area contributed by atoms with Crippen LogP contribution in [-0.4, -0.2) is 39.7 Å². The summed E-state index contributed by atoms with van der Waals surface area (Å²) in [5.74, 6) is 0. The van der Waals surface area contributed by atoms with Crippen LogP contribution in [0.5, 0.6) is 0 Å². The molecule has 1 amide bonds. The molecular formula is C18H23N3O4. The summed E-state index contributed by atoms with van der Waals surface area (Å²) in [5.41, 5.74) is 0.121. The normalized spacial score (nSPS) is 21.5. The highest BCUT2D eigenvalue weighted by molar-refractivity contribution is 5.74. The lowest BCUT2D eigenvalue weighted by Gasteiger charge is -2.29. The highest BCUT2D eigenvalue weighted by atomic mass is 16.5. The molecule has 0 aliphatic carbocycles. The molecule has 1 aromatic carbocycles. The summed E-state index contributed by atoms with van der Waals surface area (Å²) in [5, 5.41) is 0. The average Bonchev–Trinajstić information content (AvgIpc) is 2.95. The number of para-hydroxylation sites is 2. The summed E-state index contributed by atoms with van der Waals surface area (Å²) in [7, 11) is 1.38. The van der Waals surface area contributed by atoms with Crippen molar-refractivity contribution in [2.45, 2.75) is 51.2 Å². The van der Waals surface area contributed by atoms with Crippen LogP contribution in [0.3, 0.4) is 0 Å². The van der Waals surface area contributed by atoms with E-state index in [0.717, 1.165) is 12.8 Å². The van der Waals surface area contributed by atoms with Gasteiger partial charge in [-0.3, -0.25) is 14.2 Å². The summed E-state index contributed by atoms with van der Waals surface area (Å²) < 4.78 is 6.43. The van der Waals surface area contributed by atoms with E-state index in [1.54, 1.807) is 11.0 Å². The van der Waals surface area contributed by atoms with Crippen LogP contribution in [0.15, 0.2) is 33.9 Å². The highest BCUT2D eigenvalue weighted by Gasteiger charge is 2.36. The third-order valence-corrected chi connectivity index (χ3v) is 5.05. The highest BCUT2D eigenvalue weighted by Crippen LogP contribution is 2.30. The number of benzene rings is 1. The second-order valence-corrected chi connectivity index (χ2v) is 6.69. The molecule has 1 saturated heterocycles. The molecule has 2 aromatic rings. The van der Waals surface area contributed by atoms with E-state index in [-0.39, 0.29) is 24.2 Å². The van der Waals surface area contributed by atoms with Gasteiger partial charge in [-0.2, -0.15) is 0 Å². The number of nitrogens with zero attached hydrogens (tertiary/aromatic N) is 2. The number of ether oxygens (including phenoxy) is 1. The van der Waals surface area contributed by atoms with Crippen LogP contribution in [0.25, 0.3) is 11.0 Å². The van der Waals surface area contributed by atoms with Crippen molar-refractivity contribution < 1.29 is 9.53 Å². The minimum absolute atomic E-state index is 0.0117. The molecule has 1 fully saturated rings. The number of carbonyl (C=O) groups is 1. The maximum atomic E-state index is 12.4. The van der Waals surface area contributed by atoms with E-state index in [1.807, 2.05) is 32.0 Å². The summed E-state index contributed by atoms with van der Waals surface area (Å²) in [4.78, 5) is 40.9. The maximum absolute atomic E-state index is 12.4. The Kier molecular flexibility index (Phi) is 4.65. The molecule has 3 atom stereocenters. The lowest BCUT2D eigenvalue weighted by Crippen LogP contribution is -2.43. The number of H-pyrrole nitrogens is 1. The first-order valence-corrected chi connectivity index (χ1v) is 8.54. The van der Waals surface area contributed by atoms with E-state index in [2.05, 4.69) is 4.98 Å². The van der Waals surface area contributed by atoms with Gasteiger partial charge >= 0.3 is 17.2 Å². The van der Waals surface area contributed by atoms with E-state index in [4.69, 9.17) is 4.74 Å². The zero-order valence-corrected chi connectivity index (χ0v) is 14.7. The Labute approximate surface area is 145 Å². The number of methoxy groups -OCH3 is 1. The van der Waals surface area contributed by atoms with Crippen LogP contribution in [0, 0.1) is 0 Å². The Balaban J connectivity index is 1.97. The fraction of sp³-hybridized carbons (Fsp3) is 0.500. The predicted molar refractivity (Wildman–Crippen MR) is 94.9 cm³/mol. The van der Waals surface area contributed by atoms with Crippen LogP contribution in [0.1, 0.15) is 39.2 Å². The Bertz CT molecular complexity index is 901. The van der Waals surface area contributed by atoms with E-state index >= 15 is 0 Å². The summed E-state index contributed by atoms with van der Waals surface area (Å²) in [6.07, 6.45) is 2.01. The molecule has 7 nitrogen and oxygen atoms in total. The minimum Gasteiger partial charge on any atom is -0.453 e. The van der Waals surface area contributed by atoms with Gasteiger partial charge in [0.05, 0.1) is 18.1 Å². The van der Waals surface area contributed by atoms with Gasteiger partial charge in [-0.25, -0.2) is 4.79 Å². The molecule has 2 heterocycles. The first kappa shape index (κ1) is 17.3. The summed E-state index contributed by atoms with van der Waals surface area (Å²) in [6, 6.07) is 7.12. The molecule has 0 radical (unpaired) electrons. The number of likely N-dealkylation sites (tertiary alicyclic amines) is 1. The van der Waals surface area contributed by atoms with E-state index in [1.165, 1.54) is 11.7 Å². The second kappa shape index (κ2) is 6.74. The SMILES string of the molecule is COC(=O)N1C(C)CCC1C[C@@H](C)n1c(=O)c(=O)[nH]c2ccccc21. The van der Waals surface area contributed by atoms with E-state index in [9.17, 15) is 14.4 Å². The van der Waals surface area contributed by atoms with Crippen molar-refractivity contribution >= 4 is 17.1 Å². The molecule has 1 aromatic heterocycles. The van der Waals surface area contributed by atoms with Gasteiger partial charge in [0, 0.05) is 18.1 Å². The van der Waals surface area contributed by atoms with Crippen LogP contribution < -0.4 is 11.1 Å². The zero-order valence-electron chi connectivity index (χ0n) is 14.7. The fourth-order valence-electron chi connectivity index (χ4n) is 3.86. The number of aromatic amines is 1. The van der Waals surface area contributed by atoms with Crippen molar-refractivity contribution in [2.75, 3.05) is 7.11 Å². The summed E-state index contributed by atoms with van der Waals surface area (Å²) >= 11 is 0. The molecule has 0 saturated carbocycles. The molecule has 1 aliphatic rings. The van der Waals surface area contributed by atoms with Gasteiger partial charge in [0.15, 0.2) is 0 Å². The number of nitrogens with one attached hydrogen (secondary N) is 1. The smallest absolute Gasteiger partial charge is 0.409 e. The molecule has 2 unspecified atom stereocenters. The van der Waals surface area contributed by atoms with Crippen molar-refractivity contribution in [3.8, 4) is 0 Å². The molecular weight excluding hydrogens is 322 g/mol. The molecule has 1 aliphatic heterocycles. The lowest BCUT2D eigenvalue weighted by molar-refractivity contribution is 0.101. The summed E-state index contributed by atoms with van der Waals surface area (Å²) in [6.45, 7) is 3.90. The topological polar surface area (TPSA) is 84.4 Å². The van der Waals surface area contributed by atoms with Gasteiger partial charge < -0.3 is 14.6 Å². The number of aromatic nitrogens is 2.